The molecular weight excluding hydrogens is 279 g/mol. The maximum Gasteiger partial charge on any atom is 0.312 e. The molecule has 94 valence electrons. The number of carbonyl (C=O) groups excluding carboxylic acids is 1. The molecule has 1 aromatic rings. The van der Waals surface area contributed by atoms with Crippen molar-refractivity contribution < 1.29 is 9.53 Å². The molecule has 0 N–H and O–H groups in total. The van der Waals surface area contributed by atoms with Gasteiger partial charge >= 0.3 is 5.97 Å². The van der Waals surface area contributed by atoms with Crippen molar-refractivity contribution in [2.24, 2.45) is 5.41 Å². The summed E-state index contributed by atoms with van der Waals surface area (Å²) in [5.74, 6) is 0.316. The van der Waals surface area contributed by atoms with Gasteiger partial charge in [-0.2, -0.15) is 0 Å². The minimum atomic E-state index is -0.568. The lowest BCUT2D eigenvalue weighted by Gasteiger charge is -2.21. The van der Waals surface area contributed by atoms with E-state index in [4.69, 9.17) is 27.9 Å². The predicted molar refractivity (Wildman–Crippen MR) is 73.0 cm³/mol. The number of methoxy groups -OCH3 is 1. The third-order valence-corrected chi connectivity index (χ3v) is 4.68. The molecule has 1 rings (SSSR count). The third kappa shape index (κ3) is 3.80. The molecule has 0 fully saturated rings. The minimum absolute atomic E-state index is 0.242. The maximum absolute atomic E-state index is 11.5. The van der Waals surface area contributed by atoms with Gasteiger partial charge in [-0.1, -0.05) is 29.3 Å². The van der Waals surface area contributed by atoms with E-state index in [0.29, 0.717) is 15.8 Å². The van der Waals surface area contributed by atoms with Gasteiger partial charge in [0, 0.05) is 10.6 Å². The highest BCUT2D eigenvalue weighted by Crippen LogP contribution is 2.37. The van der Waals surface area contributed by atoms with Crippen molar-refractivity contribution >= 4 is 40.9 Å². The molecule has 17 heavy (non-hydrogen) atoms. The lowest BCUT2D eigenvalue weighted by atomic mass is 9.97. The molecule has 0 bridgehead atoms. The van der Waals surface area contributed by atoms with Crippen LogP contribution in [0.2, 0.25) is 10.0 Å². The summed E-state index contributed by atoms with van der Waals surface area (Å²) < 4.78 is 4.75. The molecular formula is C12H14Cl2O2S. The Kier molecular flexibility index (Phi) is 5.17. The number of thioether (sulfide) groups is 1. The van der Waals surface area contributed by atoms with Crippen LogP contribution in [0.4, 0.5) is 0 Å². The number of benzene rings is 1. The second-order valence-corrected chi connectivity index (χ2v) is 6.01. The Balaban J connectivity index is 2.77. The predicted octanol–water partition coefficient (Wildman–Crippen LogP) is 4.28. The van der Waals surface area contributed by atoms with Crippen molar-refractivity contribution in [2.75, 3.05) is 12.9 Å². The van der Waals surface area contributed by atoms with Crippen LogP contribution in [0.3, 0.4) is 0 Å². The SMILES string of the molecule is COC(=O)C(C)(C)CSc1c(Cl)cccc1Cl. The first-order valence-electron chi connectivity index (χ1n) is 5.03. The first-order chi connectivity index (χ1) is 7.88. The van der Waals surface area contributed by atoms with Gasteiger partial charge in [0.1, 0.15) is 0 Å². The maximum atomic E-state index is 11.5. The van der Waals surface area contributed by atoms with E-state index in [-0.39, 0.29) is 5.97 Å². The molecule has 0 aliphatic carbocycles. The van der Waals surface area contributed by atoms with Gasteiger partial charge in [-0.25, -0.2) is 0 Å². The standard InChI is InChI=1S/C12H14Cl2O2S/c1-12(2,11(15)16-3)7-17-10-8(13)5-4-6-9(10)14/h4-6H,7H2,1-3H3. The third-order valence-electron chi connectivity index (χ3n) is 2.23. The Bertz CT molecular complexity index is 399. The van der Waals surface area contributed by atoms with Gasteiger partial charge in [0.05, 0.1) is 22.6 Å². The summed E-state index contributed by atoms with van der Waals surface area (Å²) in [6, 6.07) is 5.35. The summed E-state index contributed by atoms with van der Waals surface area (Å²) in [7, 11) is 1.39. The summed E-state index contributed by atoms with van der Waals surface area (Å²) in [4.78, 5) is 12.3. The van der Waals surface area contributed by atoms with Gasteiger partial charge in [-0.15, -0.1) is 11.8 Å². The lowest BCUT2D eigenvalue weighted by molar-refractivity contribution is -0.149. The van der Waals surface area contributed by atoms with Gasteiger partial charge in [-0.3, -0.25) is 4.79 Å². The minimum Gasteiger partial charge on any atom is -0.469 e. The van der Waals surface area contributed by atoms with E-state index < -0.39 is 5.41 Å². The topological polar surface area (TPSA) is 26.3 Å². The van der Waals surface area contributed by atoms with Crippen LogP contribution in [0.25, 0.3) is 0 Å². The summed E-state index contributed by atoms with van der Waals surface area (Å²) in [6.45, 7) is 3.66. The van der Waals surface area contributed by atoms with Crippen molar-refractivity contribution in [3.63, 3.8) is 0 Å². The van der Waals surface area contributed by atoms with Crippen LogP contribution in [0, 0.1) is 5.41 Å². The highest BCUT2D eigenvalue weighted by atomic mass is 35.5. The van der Waals surface area contributed by atoms with E-state index in [1.165, 1.54) is 18.9 Å². The molecule has 0 aromatic heterocycles. The summed E-state index contributed by atoms with van der Waals surface area (Å²) in [5.41, 5.74) is -0.568. The zero-order valence-electron chi connectivity index (χ0n) is 9.92. The molecule has 0 aliphatic heterocycles. The normalized spacial score (nSPS) is 11.4. The second-order valence-electron chi connectivity index (χ2n) is 4.21. The molecule has 5 heteroatoms. The van der Waals surface area contributed by atoms with Crippen LogP contribution in [0.15, 0.2) is 23.1 Å². The highest BCUT2D eigenvalue weighted by molar-refractivity contribution is 7.99. The zero-order chi connectivity index (χ0) is 13.1. The average Bonchev–Trinajstić information content (AvgIpc) is 2.27. The van der Waals surface area contributed by atoms with Crippen molar-refractivity contribution in [3.05, 3.63) is 28.2 Å². The Morgan fingerprint density at radius 1 is 1.35 bits per heavy atom. The quantitative estimate of drug-likeness (QED) is 0.612. The van der Waals surface area contributed by atoms with Crippen LogP contribution in [-0.2, 0) is 9.53 Å². The molecule has 0 heterocycles. The average molecular weight is 293 g/mol. The smallest absolute Gasteiger partial charge is 0.312 e. The van der Waals surface area contributed by atoms with Gasteiger partial charge in [0.25, 0.3) is 0 Å². The Labute approximate surface area is 116 Å². The number of ether oxygens (including phenoxy) is 1. The van der Waals surface area contributed by atoms with E-state index in [9.17, 15) is 4.79 Å². The number of carbonyl (C=O) groups is 1. The Morgan fingerprint density at radius 2 is 1.88 bits per heavy atom. The van der Waals surface area contributed by atoms with Crippen LogP contribution in [0.1, 0.15) is 13.8 Å². The fourth-order valence-electron chi connectivity index (χ4n) is 1.21. The number of hydrogen-bond donors (Lipinski definition) is 0. The van der Waals surface area contributed by atoms with Gasteiger partial charge < -0.3 is 4.74 Å². The molecule has 0 aliphatic rings. The van der Waals surface area contributed by atoms with E-state index in [0.717, 1.165) is 4.90 Å². The molecule has 0 unspecified atom stereocenters. The molecule has 0 amide bonds. The molecule has 1 aromatic carbocycles. The summed E-state index contributed by atoms with van der Waals surface area (Å²) in [6.07, 6.45) is 0. The zero-order valence-corrected chi connectivity index (χ0v) is 12.2. The summed E-state index contributed by atoms with van der Waals surface area (Å²) >= 11 is 13.6. The lowest BCUT2D eigenvalue weighted by Crippen LogP contribution is -2.28. The van der Waals surface area contributed by atoms with Crippen molar-refractivity contribution in [1.82, 2.24) is 0 Å². The van der Waals surface area contributed by atoms with E-state index in [1.54, 1.807) is 18.2 Å². The second kappa shape index (κ2) is 5.98. The van der Waals surface area contributed by atoms with E-state index >= 15 is 0 Å². The molecule has 2 nitrogen and oxygen atoms in total. The summed E-state index contributed by atoms with van der Waals surface area (Å²) in [5, 5.41) is 1.20. The van der Waals surface area contributed by atoms with Gasteiger partial charge in [-0.05, 0) is 26.0 Å². The van der Waals surface area contributed by atoms with Gasteiger partial charge in [0.2, 0.25) is 0 Å². The first-order valence-corrected chi connectivity index (χ1v) is 6.78. The molecule has 0 saturated carbocycles. The largest absolute Gasteiger partial charge is 0.469 e. The number of esters is 1. The van der Waals surface area contributed by atoms with E-state index in [1.807, 2.05) is 13.8 Å². The van der Waals surface area contributed by atoms with Crippen molar-refractivity contribution in [3.8, 4) is 0 Å². The molecule has 0 atom stereocenters. The van der Waals surface area contributed by atoms with Crippen LogP contribution >= 0.6 is 35.0 Å². The Hall–Kier alpha value is -0.380. The number of halogens is 2. The van der Waals surface area contributed by atoms with Crippen LogP contribution < -0.4 is 0 Å². The highest BCUT2D eigenvalue weighted by Gasteiger charge is 2.29. The molecule has 0 spiro atoms. The fourth-order valence-corrected chi connectivity index (χ4v) is 2.97. The van der Waals surface area contributed by atoms with Crippen molar-refractivity contribution in [1.29, 1.82) is 0 Å². The number of hydrogen-bond acceptors (Lipinski definition) is 3. The monoisotopic (exact) mass is 292 g/mol. The van der Waals surface area contributed by atoms with Crippen LogP contribution in [-0.4, -0.2) is 18.8 Å². The molecule has 0 radical (unpaired) electrons. The van der Waals surface area contributed by atoms with Gasteiger partial charge in [0.15, 0.2) is 0 Å². The first kappa shape index (κ1) is 14.7. The van der Waals surface area contributed by atoms with E-state index in [2.05, 4.69) is 0 Å². The van der Waals surface area contributed by atoms with Crippen molar-refractivity contribution in [2.45, 2.75) is 18.7 Å². The van der Waals surface area contributed by atoms with Crippen LogP contribution in [0.5, 0.6) is 0 Å². The molecule has 0 saturated heterocycles. The Morgan fingerprint density at radius 3 is 2.35 bits per heavy atom. The number of rotatable bonds is 4. The fraction of sp³-hybridized carbons (Fsp3) is 0.417.